The van der Waals surface area contributed by atoms with Gasteiger partial charge >= 0.3 is 6.18 Å². The third-order valence-corrected chi connectivity index (χ3v) is 3.46. The van der Waals surface area contributed by atoms with Gasteiger partial charge < -0.3 is 4.74 Å². The molecular formula is C18H14ClF3O. The van der Waals surface area contributed by atoms with Gasteiger partial charge in [-0.05, 0) is 49.7 Å². The van der Waals surface area contributed by atoms with Crippen LogP contribution in [0.1, 0.15) is 36.6 Å². The lowest BCUT2D eigenvalue weighted by molar-refractivity contribution is -0.137. The molecule has 2 rings (SSSR count). The molecule has 0 aliphatic carbocycles. The highest BCUT2D eigenvalue weighted by atomic mass is 35.5. The normalized spacial score (nSPS) is 12.3. The second-order valence-corrected chi connectivity index (χ2v) is 5.33. The van der Waals surface area contributed by atoms with Crippen LogP contribution in [-0.2, 0) is 6.18 Å². The molecule has 0 saturated heterocycles. The van der Waals surface area contributed by atoms with Gasteiger partial charge in [0.25, 0.3) is 0 Å². The molecule has 0 spiro atoms. The molecule has 0 bridgehead atoms. The average Bonchev–Trinajstić information content (AvgIpc) is 2.48. The monoisotopic (exact) mass is 338 g/mol. The molecular weight excluding hydrogens is 325 g/mol. The van der Waals surface area contributed by atoms with Crippen molar-refractivity contribution in [2.24, 2.45) is 0 Å². The van der Waals surface area contributed by atoms with Crippen LogP contribution in [0.4, 0.5) is 13.2 Å². The third-order valence-electron chi connectivity index (χ3n) is 3.21. The predicted octanol–water partition coefficient (Wildman–Crippen LogP) is 5.87. The average molecular weight is 339 g/mol. The van der Waals surface area contributed by atoms with Gasteiger partial charge in [0.1, 0.15) is 11.9 Å². The van der Waals surface area contributed by atoms with Gasteiger partial charge in [-0.3, -0.25) is 0 Å². The third kappa shape index (κ3) is 4.43. The van der Waals surface area contributed by atoms with Crippen LogP contribution in [0, 0.1) is 11.8 Å². The number of alkyl halides is 3. The zero-order valence-corrected chi connectivity index (χ0v) is 13.3. The summed E-state index contributed by atoms with van der Waals surface area (Å²) >= 11 is 5.82. The number of benzene rings is 2. The first-order valence-corrected chi connectivity index (χ1v) is 7.25. The largest absolute Gasteiger partial charge is 0.486 e. The Bertz CT molecular complexity index is 740. The van der Waals surface area contributed by atoms with Crippen LogP contribution in [0.15, 0.2) is 42.5 Å². The summed E-state index contributed by atoms with van der Waals surface area (Å²) in [5.74, 6) is 5.09. The smallest absolute Gasteiger partial charge is 0.417 e. The first kappa shape index (κ1) is 17.2. The predicted molar refractivity (Wildman–Crippen MR) is 84.5 cm³/mol. The van der Waals surface area contributed by atoms with Crippen molar-refractivity contribution in [2.45, 2.75) is 26.1 Å². The molecule has 0 aromatic heterocycles. The van der Waals surface area contributed by atoms with E-state index in [1.54, 1.807) is 31.2 Å². The van der Waals surface area contributed by atoms with Crippen molar-refractivity contribution in [1.82, 2.24) is 0 Å². The fourth-order valence-corrected chi connectivity index (χ4v) is 2.21. The zero-order chi connectivity index (χ0) is 17.0. The minimum absolute atomic E-state index is 0.0634. The maximum atomic E-state index is 13.1. The van der Waals surface area contributed by atoms with Crippen molar-refractivity contribution in [2.75, 3.05) is 0 Å². The molecule has 2 aromatic rings. The van der Waals surface area contributed by atoms with E-state index in [4.69, 9.17) is 16.3 Å². The lowest BCUT2D eigenvalue weighted by Crippen LogP contribution is -2.09. The summed E-state index contributed by atoms with van der Waals surface area (Å²) in [5, 5.41) is 0.586. The summed E-state index contributed by atoms with van der Waals surface area (Å²) in [6, 6.07) is 10.7. The van der Waals surface area contributed by atoms with Crippen LogP contribution in [0.5, 0.6) is 5.75 Å². The van der Waals surface area contributed by atoms with Crippen molar-refractivity contribution < 1.29 is 17.9 Å². The molecule has 5 heteroatoms. The standard InChI is InChI=1S/C18H14ClF3O/c1-3-4-14-7-10-16(11-17(14)18(20,21)22)23-12(2)13-5-8-15(19)9-6-13/h5-12H,1-2H3. The summed E-state index contributed by atoms with van der Waals surface area (Å²) in [6.07, 6.45) is -4.89. The Hall–Kier alpha value is -2.12. The van der Waals surface area contributed by atoms with Gasteiger partial charge in [-0.15, -0.1) is 5.92 Å². The molecule has 0 aliphatic heterocycles. The lowest BCUT2D eigenvalue weighted by atomic mass is 10.1. The second-order valence-electron chi connectivity index (χ2n) is 4.89. The van der Waals surface area contributed by atoms with Gasteiger partial charge in [0.15, 0.2) is 0 Å². The Morgan fingerprint density at radius 3 is 2.30 bits per heavy atom. The number of halogens is 4. The fourth-order valence-electron chi connectivity index (χ4n) is 2.08. The van der Waals surface area contributed by atoms with Crippen molar-refractivity contribution in [3.63, 3.8) is 0 Å². The van der Waals surface area contributed by atoms with E-state index in [9.17, 15) is 13.2 Å². The Morgan fingerprint density at radius 1 is 1.09 bits per heavy atom. The maximum absolute atomic E-state index is 13.1. The van der Waals surface area contributed by atoms with Crippen LogP contribution >= 0.6 is 11.6 Å². The molecule has 23 heavy (non-hydrogen) atoms. The van der Waals surface area contributed by atoms with E-state index in [0.717, 1.165) is 11.6 Å². The van der Waals surface area contributed by atoms with Crippen LogP contribution < -0.4 is 4.74 Å². The van der Waals surface area contributed by atoms with E-state index in [1.165, 1.54) is 19.1 Å². The minimum atomic E-state index is -4.48. The van der Waals surface area contributed by atoms with E-state index in [0.29, 0.717) is 5.02 Å². The fraction of sp³-hybridized carbons (Fsp3) is 0.222. The molecule has 1 unspecified atom stereocenters. The van der Waals surface area contributed by atoms with Crippen LogP contribution in [0.25, 0.3) is 0 Å². The number of hydrogen-bond donors (Lipinski definition) is 0. The highest BCUT2D eigenvalue weighted by Crippen LogP contribution is 2.35. The van der Waals surface area contributed by atoms with E-state index in [1.807, 2.05) is 0 Å². The second kappa shape index (κ2) is 6.97. The summed E-state index contributed by atoms with van der Waals surface area (Å²) in [6.45, 7) is 3.25. The molecule has 0 aliphatic rings. The Labute approximate surface area is 138 Å². The molecule has 1 atom stereocenters. The molecule has 0 heterocycles. The number of ether oxygens (including phenoxy) is 1. The summed E-state index contributed by atoms with van der Waals surface area (Å²) in [7, 11) is 0. The molecule has 2 aromatic carbocycles. The molecule has 1 nitrogen and oxygen atoms in total. The highest BCUT2D eigenvalue weighted by molar-refractivity contribution is 6.30. The Balaban J connectivity index is 2.29. The molecule has 0 radical (unpaired) electrons. The molecule has 0 saturated carbocycles. The van der Waals surface area contributed by atoms with Crippen LogP contribution in [0.2, 0.25) is 5.02 Å². The molecule has 0 amide bonds. The zero-order valence-electron chi connectivity index (χ0n) is 12.5. The number of rotatable bonds is 3. The summed E-state index contributed by atoms with van der Waals surface area (Å²) < 4.78 is 45.0. The molecule has 0 N–H and O–H groups in total. The molecule has 0 fully saturated rings. The molecule has 120 valence electrons. The van der Waals surface area contributed by atoms with Gasteiger partial charge in [0, 0.05) is 10.6 Å². The lowest BCUT2D eigenvalue weighted by Gasteiger charge is -2.17. The van der Waals surface area contributed by atoms with E-state index in [2.05, 4.69) is 11.8 Å². The number of hydrogen-bond acceptors (Lipinski definition) is 1. The maximum Gasteiger partial charge on any atom is 0.417 e. The Morgan fingerprint density at radius 2 is 1.74 bits per heavy atom. The van der Waals surface area contributed by atoms with Crippen LogP contribution in [0.3, 0.4) is 0 Å². The van der Waals surface area contributed by atoms with Crippen molar-refractivity contribution in [1.29, 1.82) is 0 Å². The van der Waals surface area contributed by atoms with E-state index >= 15 is 0 Å². The van der Waals surface area contributed by atoms with Gasteiger partial charge in [0.05, 0.1) is 5.56 Å². The van der Waals surface area contributed by atoms with Gasteiger partial charge in [-0.1, -0.05) is 29.7 Å². The highest BCUT2D eigenvalue weighted by Gasteiger charge is 2.33. The van der Waals surface area contributed by atoms with Crippen molar-refractivity contribution in [3.8, 4) is 17.6 Å². The van der Waals surface area contributed by atoms with Crippen molar-refractivity contribution >= 4 is 11.6 Å². The first-order valence-electron chi connectivity index (χ1n) is 6.87. The minimum Gasteiger partial charge on any atom is -0.486 e. The summed E-state index contributed by atoms with van der Waals surface area (Å²) in [5.41, 5.74) is -0.0421. The summed E-state index contributed by atoms with van der Waals surface area (Å²) in [4.78, 5) is 0. The quantitative estimate of drug-likeness (QED) is 0.636. The van der Waals surface area contributed by atoms with E-state index in [-0.39, 0.29) is 11.3 Å². The van der Waals surface area contributed by atoms with Gasteiger partial charge in [0.2, 0.25) is 0 Å². The SMILES string of the molecule is CC#Cc1ccc(OC(C)c2ccc(Cl)cc2)cc1C(F)(F)F. The Kier molecular flexibility index (Phi) is 5.23. The van der Waals surface area contributed by atoms with E-state index < -0.39 is 17.8 Å². The van der Waals surface area contributed by atoms with Crippen LogP contribution in [-0.4, -0.2) is 0 Å². The van der Waals surface area contributed by atoms with Gasteiger partial charge in [-0.2, -0.15) is 13.2 Å². The first-order chi connectivity index (χ1) is 10.8. The van der Waals surface area contributed by atoms with Crippen molar-refractivity contribution in [3.05, 3.63) is 64.2 Å². The topological polar surface area (TPSA) is 9.23 Å². The van der Waals surface area contributed by atoms with Gasteiger partial charge in [-0.25, -0.2) is 0 Å².